The third kappa shape index (κ3) is 6.97. The standard InChI is InChI=1S/C8H15BrCl2O2/c1-2-12-3-4-13-8(6-11)7(9)5-10/h7-8H,2-6H2,1H3. The van der Waals surface area contributed by atoms with Crippen LogP contribution in [-0.2, 0) is 9.47 Å². The van der Waals surface area contributed by atoms with Gasteiger partial charge in [-0.3, -0.25) is 0 Å². The highest BCUT2D eigenvalue weighted by molar-refractivity contribution is 9.09. The van der Waals surface area contributed by atoms with Crippen LogP contribution in [0.3, 0.4) is 0 Å². The van der Waals surface area contributed by atoms with Crippen LogP contribution in [0.4, 0.5) is 0 Å². The molecule has 0 spiro atoms. The van der Waals surface area contributed by atoms with Gasteiger partial charge in [-0.05, 0) is 6.92 Å². The van der Waals surface area contributed by atoms with E-state index in [9.17, 15) is 0 Å². The first kappa shape index (κ1) is 14.0. The van der Waals surface area contributed by atoms with Crippen LogP contribution in [0, 0.1) is 0 Å². The minimum atomic E-state index is -0.0420. The van der Waals surface area contributed by atoms with Crippen LogP contribution in [-0.4, -0.2) is 42.5 Å². The molecule has 2 unspecified atom stereocenters. The topological polar surface area (TPSA) is 18.5 Å². The smallest absolute Gasteiger partial charge is 0.0847 e. The zero-order chi connectivity index (χ0) is 10.1. The lowest BCUT2D eigenvalue weighted by atomic mass is 10.3. The van der Waals surface area contributed by atoms with Crippen molar-refractivity contribution < 1.29 is 9.47 Å². The Bertz CT molecular complexity index is 116. The van der Waals surface area contributed by atoms with E-state index < -0.39 is 0 Å². The average Bonchev–Trinajstić information content (AvgIpc) is 2.17. The molecule has 0 bridgehead atoms. The van der Waals surface area contributed by atoms with E-state index in [-0.39, 0.29) is 10.9 Å². The fourth-order valence-electron chi connectivity index (χ4n) is 0.748. The Morgan fingerprint density at radius 2 is 1.92 bits per heavy atom. The fraction of sp³-hybridized carbons (Fsp3) is 1.00. The second-order valence-electron chi connectivity index (χ2n) is 2.43. The molecule has 0 saturated carbocycles. The van der Waals surface area contributed by atoms with Crippen LogP contribution in [0.15, 0.2) is 0 Å². The third-order valence-corrected chi connectivity index (χ3v) is 3.39. The largest absolute Gasteiger partial charge is 0.379 e. The summed E-state index contributed by atoms with van der Waals surface area (Å²) in [5.41, 5.74) is 0. The molecule has 80 valence electrons. The molecule has 5 heteroatoms. The van der Waals surface area contributed by atoms with E-state index in [1.807, 2.05) is 6.92 Å². The lowest BCUT2D eigenvalue weighted by molar-refractivity contribution is 0.0188. The maximum atomic E-state index is 5.70. The van der Waals surface area contributed by atoms with Crippen molar-refractivity contribution in [2.24, 2.45) is 0 Å². The zero-order valence-corrected chi connectivity index (χ0v) is 10.7. The average molecular weight is 294 g/mol. The highest BCUT2D eigenvalue weighted by atomic mass is 79.9. The highest BCUT2D eigenvalue weighted by Gasteiger charge is 2.17. The van der Waals surface area contributed by atoms with Crippen LogP contribution in [0.25, 0.3) is 0 Å². The van der Waals surface area contributed by atoms with Gasteiger partial charge in [0, 0.05) is 18.4 Å². The number of hydrogen-bond acceptors (Lipinski definition) is 2. The molecular weight excluding hydrogens is 279 g/mol. The van der Waals surface area contributed by atoms with Crippen molar-refractivity contribution in [3.05, 3.63) is 0 Å². The zero-order valence-electron chi connectivity index (χ0n) is 7.64. The number of ether oxygens (including phenoxy) is 2. The summed E-state index contributed by atoms with van der Waals surface area (Å²) >= 11 is 14.7. The molecule has 0 amide bonds. The van der Waals surface area contributed by atoms with Crippen LogP contribution < -0.4 is 0 Å². The first-order valence-corrected chi connectivity index (χ1v) is 6.20. The van der Waals surface area contributed by atoms with Crippen molar-refractivity contribution in [3.8, 4) is 0 Å². The maximum absolute atomic E-state index is 5.70. The van der Waals surface area contributed by atoms with Crippen molar-refractivity contribution in [1.82, 2.24) is 0 Å². The molecule has 0 aromatic heterocycles. The second kappa shape index (κ2) is 9.53. The van der Waals surface area contributed by atoms with Crippen LogP contribution >= 0.6 is 39.1 Å². The van der Waals surface area contributed by atoms with Crippen LogP contribution in [0.2, 0.25) is 0 Å². The van der Waals surface area contributed by atoms with Gasteiger partial charge in [-0.15, -0.1) is 23.2 Å². The van der Waals surface area contributed by atoms with Crippen molar-refractivity contribution in [2.75, 3.05) is 31.6 Å². The quantitative estimate of drug-likeness (QED) is 0.506. The second-order valence-corrected chi connectivity index (χ2v) is 4.22. The molecule has 2 nitrogen and oxygen atoms in total. The molecule has 0 heterocycles. The molecule has 0 N–H and O–H groups in total. The summed E-state index contributed by atoms with van der Waals surface area (Å²) in [7, 11) is 0. The van der Waals surface area contributed by atoms with Gasteiger partial charge in [-0.25, -0.2) is 0 Å². The molecule has 2 atom stereocenters. The van der Waals surface area contributed by atoms with E-state index in [0.717, 1.165) is 0 Å². The molecule has 0 aliphatic carbocycles. The Labute approximate surface area is 98.0 Å². The minimum absolute atomic E-state index is 0.0420. The van der Waals surface area contributed by atoms with Gasteiger partial charge in [0.05, 0.1) is 24.1 Å². The van der Waals surface area contributed by atoms with Gasteiger partial charge in [0.2, 0.25) is 0 Å². The number of hydrogen-bond donors (Lipinski definition) is 0. The molecule has 0 saturated heterocycles. The third-order valence-electron chi connectivity index (χ3n) is 1.47. The molecular formula is C8H15BrCl2O2. The molecule has 13 heavy (non-hydrogen) atoms. The molecule has 0 rings (SSSR count). The molecule has 0 radical (unpaired) electrons. The minimum Gasteiger partial charge on any atom is -0.379 e. The van der Waals surface area contributed by atoms with Gasteiger partial charge in [0.1, 0.15) is 0 Å². The Morgan fingerprint density at radius 3 is 2.38 bits per heavy atom. The highest BCUT2D eigenvalue weighted by Crippen LogP contribution is 2.12. The van der Waals surface area contributed by atoms with Crippen molar-refractivity contribution in [1.29, 1.82) is 0 Å². The maximum Gasteiger partial charge on any atom is 0.0847 e. The van der Waals surface area contributed by atoms with Gasteiger partial charge in [-0.2, -0.15) is 0 Å². The van der Waals surface area contributed by atoms with Crippen LogP contribution in [0.1, 0.15) is 6.92 Å². The fourth-order valence-corrected chi connectivity index (χ4v) is 1.81. The Kier molecular flexibility index (Phi) is 10.3. The van der Waals surface area contributed by atoms with Gasteiger partial charge >= 0.3 is 0 Å². The molecule has 0 aromatic rings. The summed E-state index contributed by atoms with van der Waals surface area (Å²) in [6.07, 6.45) is -0.0420. The molecule has 0 fully saturated rings. The first-order valence-electron chi connectivity index (χ1n) is 4.21. The number of halogens is 3. The first-order chi connectivity index (χ1) is 6.26. The van der Waals surface area contributed by atoms with E-state index >= 15 is 0 Å². The summed E-state index contributed by atoms with van der Waals surface area (Å²) in [5.74, 6) is 0.931. The summed E-state index contributed by atoms with van der Waals surface area (Å²) < 4.78 is 10.6. The Hall–Kier alpha value is 0.980. The number of alkyl halides is 3. The van der Waals surface area contributed by atoms with E-state index in [4.69, 9.17) is 32.7 Å². The van der Waals surface area contributed by atoms with Gasteiger partial charge < -0.3 is 9.47 Å². The van der Waals surface area contributed by atoms with Crippen molar-refractivity contribution in [3.63, 3.8) is 0 Å². The van der Waals surface area contributed by atoms with E-state index in [1.165, 1.54) is 0 Å². The van der Waals surface area contributed by atoms with Crippen molar-refractivity contribution >= 4 is 39.1 Å². The van der Waals surface area contributed by atoms with Crippen LogP contribution in [0.5, 0.6) is 0 Å². The van der Waals surface area contributed by atoms with Gasteiger partial charge in [0.15, 0.2) is 0 Å². The van der Waals surface area contributed by atoms with E-state index in [2.05, 4.69) is 15.9 Å². The SMILES string of the molecule is CCOCCOC(CCl)C(Br)CCl. The van der Waals surface area contributed by atoms with E-state index in [0.29, 0.717) is 31.6 Å². The predicted molar refractivity (Wildman–Crippen MR) is 60.4 cm³/mol. The molecule has 0 aliphatic rings. The number of rotatable bonds is 8. The summed E-state index contributed by atoms with van der Waals surface area (Å²) in [6, 6.07) is 0. The summed E-state index contributed by atoms with van der Waals surface area (Å²) in [5, 5.41) is 0. The molecule has 0 aromatic carbocycles. The summed E-state index contributed by atoms with van der Waals surface area (Å²) in [6.45, 7) is 3.82. The van der Waals surface area contributed by atoms with Crippen molar-refractivity contribution in [2.45, 2.75) is 17.9 Å². The van der Waals surface area contributed by atoms with Gasteiger partial charge in [-0.1, -0.05) is 15.9 Å². The Morgan fingerprint density at radius 1 is 1.23 bits per heavy atom. The lowest BCUT2D eigenvalue weighted by Gasteiger charge is -2.18. The Balaban J connectivity index is 3.47. The van der Waals surface area contributed by atoms with E-state index in [1.54, 1.807) is 0 Å². The predicted octanol–water partition coefficient (Wildman–Crippen LogP) is 2.65. The monoisotopic (exact) mass is 292 g/mol. The van der Waals surface area contributed by atoms with Gasteiger partial charge in [0.25, 0.3) is 0 Å². The molecule has 0 aliphatic heterocycles. The summed E-state index contributed by atoms with van der Waals surface area (Å²) in [4.78, 5) is 0.105. The lowest BCUT2D eigenvalue weighted by Crippen LogP contribution is -2.28. The normalized spacial score (nSPS) is 15.7.